The Labute approximate surface area is 115 Å². The van der Waals surface area contributed by atoms with Crippen LogP contribution in [0.15, 0.2) is 0 Å². The van der Waals surface area contributed by atoms with Gasteiger partial charge < -0.3 is 9.64 Å². The van der Waals surface area contributed by atoms with Gasteiger partial charge in [-0.25, -0.2) is 4.79 Å². The van der Waals surface area contributed by atoms with Gasteiger partial charge in [0.2, 0.25) is 5.78 Å². The summed E-state index contributed by atoms with van der Waals surface area (Å²) in [5.41, 5.74) is -0.536. The Morgan fingerprint density at radius 1 is 1.26 bits per heavy atom. The molecule has 0 saturated heterocycles. The van der Waals surface area contributed by atoms with Crippen molar-refractivity contribution in [1.29, 1.82) is 0 Å². The van der Waals surface area contributed by atoms with Crippen molar-refractivity contribution in [2.45, 2.75) is 58.1 Å². The molecular weight excluding hydrogens is 242 g/mol. The molecule has 0 aromatic rings. The number of rotatable bonds is 2. The zero-order chi connectivity index (χ0) is 14.6. The number of amides is 1. The highest BCUT2D eigenvalue weighted by atomic mass is 16.6. The van der Waals surface area contributed by atoms with Crippen molar-refractivity contribution in [3.05, 3.63) is 0 Å². The molecule has 0 aromatic heterocycles. The number of ether oxygens (including phenoxy) is 1. The fourth-order valence-corrected chi connectivity index (χ4v) is 2.46. The molecule has 4 heteroatoms. The molecule has 2 atom stereocenters. The Morgan fingerprint density at radius 3 is 2.37 bits per heavy atom. The van der Waals surface area contributed by atoms with E-state index in [4.69, 9.17) is 11.2 Å². The number of hydrogen-bond acceptors (Lipinski definition) is 3. The van der Waals surface area contributed by atoms with Crippen LogP contribution in [0.4, 0.5) is 4.79 Å². The molecule has 0 aliphatic heterocycles. The average Bonchev–Trinajstić information content (AvgIpc) is 2.35. The highest BCUT2D eigenvalue weighted by Gasteiger charge is 2.36. The molecule has 0 unspecified atom stereocenters. The molecule has 1 saturated carbocycles. The van der Waals surface area contributed by atoms with Crippen molar-refractivity contribution >= 4 is 11.9 Å². The van der Waals surface area contributed by atoms with Crippen LogP contribution in [0, 0.1) is 18.3 Å². The molecular formula is C15H23NO3. The second-order valence-corrected chi connectivity index (χ2v) is 6.06. The zero-order valence-electron chi connectivity index (χ0n) is 12.2. The molecule has 1 fully saturated rings. The van der Waals surface area contributed by atoms with Crippen LogP contribution < -0.4 is 0 Å². The Bertz CT molecular complexity index is 389. The van der Waals surface area contributed by atoms with E-state index in [1.165, 1.54) is 4.90 Å². The van der Waals surface area contributed by atoms with Crippen LogP contribution in [0.5, 0.6) is 0 Å². The van der Waals surface area contributed by atoms with E-state index in [1.54, 1.807) is 7.05 Å². The smallest absolute Gasteiger partial charge is 0.410 e. The van der Waals surface area contributed by atoms with E-state index in [0.717, 1.165) is 25.7 Å². The summed E-state index contributed by atoms with van der Waals surface area (Å²) in [6, 6.07) is -0.146. The minimum atomic E-state index is -0.536. The lowest BCUT2D eigenvalue weighted by atomic mass is 9.81. The molecule has 4 nitrogen and oxygen atoms in total. The van der Waals surface area contributed by atoms with Crippen molar-refractivity contribution in [3.8, 4) is 12.3 Å². The van der Waals surface area contributed by atoms with Crippen LogP contribution in [-0.4, -0.2) is 35.5 Å². The number of carbonyl (C=O) groups is 2. The van der Waals surface area contributed by atoms with E-state index >= 15 is 0 Å². The van der Waals surface area contributed by atoms with Gasteiger partial charge in [0.05, 0.1) is 5.92 Å². The Balaban J connectivity index is 2.77. The SMILES string of the molecule is C#CC(=O)[C@@H]1CCCC[C@H]1N(C)C(=O)OC(C)(C)C. The minimum Gasteiger partial charge on any atom is -0.444 e. The number of carbonyl (C=O) groups excluding carboxylic acids is 2. The normalized spacial score (nSPS) is 23.3. The van der Waals surface area contributed by atoms with E-state index in [1.807, 2.05) is 20.8 Å². The summed E-state index contributed by atoms with van der Waals surface area (Å²) >= 11 is 0. The van der Waals surface area contributed by atoms with Gasteiger partial charge >= 0.3 is 6.09 Å². The maximum absolute atomic E-state index is 12.1. The fraction of sp³-hybridized carbons (Fsp3) is 0.733. The van der Waals surface area contributed by atoms with E-state index in [9.17, 15) is 9.59 Å². The van der Waals surface area contributed by atoms with Crippen LogP contribution >= 0.6 is 0 Å². The largest absolute Gasteiger partial charge is 0.444 e. The summed E-state index contributed by atoms with van der Waals surface area (Å²) in [6.45, 7) is 5.47. The van der Waals surface area contributed by atoms with Gasteiger partial charge in [-0.05, 0) is 39.5 Å². The molecule has 0 radical (unpaired) electrons. The second kappa shape index (κ2) is 6.10. The van der Waals surface area contributed by atoms with Crippen LogP contribution in [0.3, 0.4) is 0 Å². The number of terminal acetylenes is 1. The summed E-state index contributed by atoms with van der Waals surface area (Å²) in [6.07, 6.45) is 8.35. The highest BCUT2D eigenvalue weighted by Crippen LogP contribution is 2.29. The maximum atomic E-state index is 12.1. The molecule has 0 heterocycles. The van der Waals surface area contributed by atoms with Crippen molar-refractivity contribution in [2.24, 2.45) is 5.92 Å². The predicted octanol–water partition coefficient (Wildman–Crippen LogP) is 2.61. The average molecular weight is 265 g/mol. The Morgan fingerprint density at radius 2 is 1.84 bits per heavy atom. The van der Waals surface area contributed by atoms with Crippen LogP contribution in [0.2, 0.25) is 0 Å². The van der Waals surface area contributed by atoms with Gasteiger partial charge in [0.1, 0.15) is 5.60 Å². The zero-order valence-corrected chi connectivity index (χ0v) is 12.2. The summed E-state index contributed by atoms with van der Waals surface area (Å²) in [5.74, 6) is 1.73. The monoisotopic (exact) mass is 265 g/mol. The molecule has 1 aliphatic rings. The lowest BCUT2D eigenvalue weighted by Gasteiger charge is -2.37. The Kier molecular flexibility index (Phi) is 4.99. The van der Waals surface area contributed by atoms with Crippen molar-refractivity contribution < 1.29 is 14.3 Å². The summed E-state index contributed by atoms with van der Waals surface area (Å²) in [5, 5.41) is 0. The third kappa shape index (κ3) is 4.27. The molecule has 0 spiro atoms. The number of hydrogen-bond donors (Lipinski definition) is 0. The van der Waals surface area contributed by atoms with E-state index in [0.29, 0.717) is 0 Å². The van der Waals surface area contributed by atoms with Crippen LogP contribution in [0.1, 0.15) is 46.5 Å². The van der Waals surface area contributed by atoms with Gasteiger partial charge in [-0.1, -0.05) is 12.8 Å². The van der Waals surface area contributed by atoms with E-state index in [-0.39, 0.29) is 17.7 Å². The second-order valence-electron chi connectivity index (χ2n) is 6.06. The van der Waals surface area contributed by atoms with E-state index in [2.05, 4.69) is 5.92 Å². The predicted molar refractivity (Wildman–Crippen MR) is 73.6 cm³/mol. The number of ketones is 1. The number of nitrogens with zero attached hydrogens (tertiary/aromatic N) is 1. The van der Waals surface area contributed by atoms with Gasteiger partial charge in [0.15, 0.2) is 0 Å². The summed E-state index contributed by atoms with van der Waals surface area (Å²) < 4.78 is 5.34. The minimum absolute atomic E-state index is 0.146. The first-order valence-electron chi connectivity index (χ1n) is 6.72. The fourth-order valence-electron chi connectivity index (χ4n) is 2.46. The highest BCUT2D eigenvalue weighted by molar-refractivity contribution is 5.97. The topological polar surface area (TPSA) is 46.6 Å². The first kappa shape index (κ1) is 15.6. The van der Waals surface area contributed by atoms with Gasteiger partial charge in [-0.2, -0.15) is 0 Å². The molecule has 1 aliphatic carbocycles. The van der Waals surface area contributed by atoms with Crippen molar-refractivity contribution in [1.82, 2.24) is 4.90 Å². The molecule has 1 rings (SSSR count). The van der Waals surface area contributed by atoms with Gasteiger partial charge in [-0.15, -0.1) is 6.42 Å². The first-order valence-corrected chi connectivity index (χ1v) is 6.72. The van der Waals surface area contributed by atoms with Gasteiger partial charge in [0, 0.05) is 13.1 Å². The summed E-state index contributed by atoms with van der Waals surface area (Å²) in [4.78, 5) is 25.4. The lowest BCUT2D eigenvalue weighted by molar-refractivity contribution is -0.120. The van der Waals surface area contributed by atoms with Gasteiger partial charge in [0.25, 0.3) is 0 Å². The number of Topliss-reactive ketones (excluding diaryl/α,β-unsaturated/α-hetero) is 1. The Hall–Kier alpha value is -1.50. The third-order valence-corrected chi connectivity index (χ3v) is 3.39. The maximum Gasteiger partial charge on any atom is 0.410 e. The molecule has 19 heavy (non-hydrogen) atoms. The third-order valence-electron chi connectivity index (χ3n) is 3.39. The van der Waals surface area contributed by atoms with Gasteiger partial charge in [-0.3, -0.25) is 4.79 Å². The van der Waals surface area contributed by atoms with Crippen molar-refractivity contribution in [2.75, 3.05) is 7.05 Å². The molecule has 0 aromatic carbocycles. The quantitative estimate of drug-likeness (QED) is 0.569. The summed E-state index contributed by atoms with van der Waals surface area (Å²) in [7, 11) is 1.68. The van der Waals surface area contributed by atoms with E-state index < -0.39 is 11.7 Å². The first-order chi connectivity index (χ1) is 8.76. The molecule has 1 amide bonds. The molecule has 0 N–H and O–H groups in total. The lowest BCUT2D eigenvalue weighted by Crippen LogP contribution is -2.47. The standard InChI is InChI=1S/C15H23NO3/c1-6-13(17)11-9-7-8-10-12(11)16(5)14(18)19-15(2,3)4/h1,11-12H,7-10H2,2-5H3/t11-,12-/m1/s1. The molecule has 0 bridgehead atoms. The van der Waals surface area contributed by atoms with Crippen LogP contribution in [0.25, 0.3) is 0 Å². The van der Waals surface area contributed by atoms with Crippen LogP contribution in [-0.2, 0) is 9.53 Å². The molecule has 106 valence electrons. The van der Waals surface area contributed by atoms with Crippen molar-refractivity contribution in [3.63, 3.8) is 0 Å².